The highest BCUT2D eigenvalue weighted by Gasteiger charge is 2.37. The van der Waals surface area contributed by atoms with Crippen molar-refractivity contribution in [1.29, 1.82) is 0 Å². The van der Waals surface area contributed by atoms with Crippen LogP contribution in [0.3, 0.4) is 0 Å². The first-order chi connectivity index (χ1) is 15.1. The molecule has 1 unspecified atom stereocenters. The maximum absolute atomic E-state index is 13.9. The first-order valence-corrected chi connectivity index (χ1v) is 10.1. The van der Waals surface area contributed by atoms with Crippen molar-refractivity contribution in [3.63, 3.8) is 0 Å². The van der Waals surface area contributed by atoms with Gasteiger partial charge in [-0.3, -0.25) is 9.20 Å². The number of alkyl halides is 2. The number of piperidine rings is 1. The van der Waals surface area contributed by atoms with Gasteiger partial charge < -0.3 is 15.4 Å². The quantitative estimate of drug-likeness (QED) is 0.584. The number of pyridine rings is 1. The Hall–Kier alpha value is -3.14. The van der Waals surface area contributed by atoms with Gasteiger partial charge in [-0.2, -0.15) is 0 Å². The minimum atomic E-state index is -2.90. The molecule has 1 atom stereocenters. The number of carbonyl (C=O) groups is 1. The molecule has 170 valence electrons. The summed E-state index contributed by atoms with van der Waals surface area (Å²) in [4.78, 5) is 17.3. The van der Waals surface area contributed by atoms with Crippen LogP contribution >= 0.6 is 0 Å². The summed E-state index contributed by atoms with van der Waals surface area (Å²) in [5, 5.41) is 5.26. The van der Waals surface area contributed by atoms with E-state index < -0.39 is 42.5 Å². The van der Waals surface area contributed by atoms with Crippen molar-refractivity contribution in [2.24, 2.45) is 0 Å². The second-order valence-corrected chi connectivity index (χ2v) is 7.97. The van der Waals surface area contributed by atoms with E-state index in [1.54, 1.807) is 26.1 Å². The largest absolute Gasteiger partial charge is 0.485 e. The lowest BCUT2D eigenvalue weighted by molar-refractivity contribution is -0.0301. The van der Waals surface area contributed by atoms with E-state index in [0.717, 1.165) is 12.1 Å². The van der Waals surface area contributed by atoms with E-state index in [-0.39, 0.29) is 35.8 Å². The summed E-state index contributed by atoms with van der Waals surface area (Å²) in [6, 6.07) is 4.45. The van der Waals surface area contributed by atoms with Crippen molar-refractivity contribution in [2.75, 3.05) is 13.1 Å². The van der Waals surface area contributed by atoms with Crippen molar-refractivity contribution in [2.45, 2.75) is 38.8 Å². The van der Waals surface area contributed by atoms with Crippen molar-refractivity contribution in [3.05, 3.63) is 64.6 Å². The molecule has 1 amide bonds. The molecule has 0 spiro atoms. The number of imidazole rings is 1. The number of rotatable bonds is 5. The molecule has 1 aromatic carbocycles. The van der Waals surface area contributed by atoms with Crippen LogP contribution < -0.4 is 15.4 Å². The number of halogens is 4. The Labute approximate surface area is 181 Å². The standard InChI is InChI=1S/C22H22F4N4O2/c1-12-6-18(32-10-15-16(23)4-3-5-17(15)24)20-28-13(2)19(30(20)9-12)21(31)29-14-7-22(25,26)11-27-8-14/h3-6,9,14,27H,7-8,10-11H2,1-2H3,(H,29,31). The van der Waals surface area contributed by atoms with Gasteiger partial charge in [-0.1, -0.05) is 6.07 Å². The highest BCUT2D eigenvalue weighted by Crippen LogP contribution is 2.27. The second-order valence-electron chi connectivity index (χ2n) is 7.97. The molecular weight excluding hydrogens is 428 g/mol. The fraction of sp³-hybridized carbons (Fsp3) is 0.364. The number of amides is 1. The summed E-state index contributed by atoms with van der Waals surface area (Å²) in [5.74, 6) is -4.67. The number of aromatic nitrogens is 2. The fourth-order valence-electron chi connectivity index (χ4n) is 3.85. The highest BCUT2D eigenvalue weighted by atomic mass is 19.3. The highest BCUT2D eigenvalue weighted by molar-refractivity contribution is 5.95. The predicted molar refractivity (Wildman–Crippen MR) is 109 cm³/mol. The SMILES string of the molecule is Cc1cc(OCc2c(F)cccc2F)c2nc(C)c(C(=O)NC3CNCC(F)(F)C3)n2c1. The van der Waals surface area contributed by atoms with Gasteiger partial charge in [0.15, 0.2) is 11.4 Å². The average molecular weight is 450 g/mol. The molecule has 4 rings (SSSR count). The molecule has 3 heterocycles. The number of aryl methyl sites for hydroxylation is 2. The normalized spacial score (nSPS) is 18.0. The van der Waals surface area contributed by atoms with E-state index in [9.17, 15) is 22.4 Å². The van der Waals surface area contributed by atoms with Gasteiger partial charge in [0, 0.05) is 25.2 Å². The third-order valence-electron chi connectivity index (χ3n) is 5.30. The van der Waals surface area contributed by atoms with Crippen molar-refractivity contribution < 1.29 is 27.1 Å². The molecule has 0 saturated carbocycles. The van der Waals surface area contributed by atoms with Gasteiger partial charge >= 0.3 is 0 Å². The van der Waals surface area contributed by atoms with Crippen LogP contribution in [0, 0.1) is 25.5 Å². The van der Waals surface area contributed by atoms with Crippen LogP contribution in [0.15, 0.2) is 30.5 Å². The lowest BCUT2D eigenvalue weighted by Crippen LogP contribution is -2.53. The number of hydrogen-bond acceptors (Lipinski definition) is 4. The predicted octanol–water partition coefficient (Wildman–Crippen LogP) is 3.54. The maximum Gasteiger partial charge on any atom is 0.270 e. The molecule has 1 saturated heterocycles. The van der Waals surface area contributed by atoms with Crippen LogP contribution in [-0.4, -0.2) is 40.3 Å². The summed E-state index contributed by atoms with van der Waals surface area (Å²) in [5.41, 5.74) is 1.31. The van der Waals surface area contributed by atoms with Crippen molar-refractivity contribution in [3.8, 4) is 5.75 Å². The molecule has 1 aliphatic rings. The van der Waals surface area contributed by atoms with Gasteiger partial charge in [-0.15, -0.1) is 0 Å². The lowest BCUT2D eigenvalue weighted by Gasteiger charge is -2.30. The van der Waals surface area contributed by atoms with E-state index in [4.69, 9.17) is 4.74 Å². The molecule has 0 radical (unpaired) electrons. The fourth-order valence-corrected chi connectivity index (χ4v) is 3.85. The van der Waals surface area contributed by atoms with Crippen molar-refractivity contribution in [1.82, 2.24) is 20.0 Å². The molecule has 1 aliphatic heterocycles. The van der Waals surface area contributed by atoms with Gasteiger partial charge in [-0.05, 0) is 37.6 Å². The number of carbonyl (C=O) groups excluding carboxylic acids is 1. The number of benzene rings is 1. The van der Waals surface area contributed by atoms with E-state index in [1.165, 1.54) is 10.5 Å². The second kappa shape index (κ2) is 8.42. The third-order valence-corrected chi connectivity index (χ3v) is 5.30. The summed E-state index contributed by atoms with van der Waals surface area (Å²) in [7, 11) is 0. The minimum Gasteiger partial charge on any atom is -0.485 e. The first-order valence-electron chi connectivity index (χ1n) is 10.1. The van der Waals surface area contributed by atoms with Crippen molar-refractivity contribution >= 4 is 11.6 Å². The number of fused-ring (bicyclic) bond motifs is 1. The zero-order valence-electron chi connectivity index (χ0n) is 17.5. The molecule has 0 bridgehead atoms. The molecule has 2 N–H and O–H groups in total. The van der Waals surface area contributed by atoms with Crippen LogP contribution in [0.4, 0.5) is 17.6 Å². The Bertz CT molecular complexity index is 1160. The Balaban J connectivity index is 1.62. The van der Waals surface area contributed by atoms with E-state index in [1.807, 2.05) is 0 Å². The summed E-state index contributed by atoms with van der Waals surface area (Å²) >= 11 is 0. The molecule has 32 heavy (non-hydrogen) atoms. The molecule has 1 fully saturated rings. The topological polar surface area (TPSA) is 67.7 Å². The molecule has 10 heteroatoms. The van der Waals surface area contributed by atoms with Crippen LogP contribution in [-0.2, 0) is 6.61 Å². The first kappa shape index (κ1) is 22.1. The Kier molecular flexibility index (Phi) is 5.81. The summed E-state index contributed by atoms with van der Waals surface area (Å²) in [6.45, 7) is 2.83. The minimum absolute atomic E-state index is 0.180. The average Bonchev–Trinajstić information content (AvgIpc) is 3.02. The number of nitrogens with zero attached hydrogens (tertiary/aromatic N) is 2. The van der Waals surface area contributed by atoms with Crippen LogP contribution in [0.5, 0.6) is 5.75 Å². The maximum atomic E-state index is 13.9. The zero-order chi connectivity index (χ0) is 23.0. The number of hydrogen-bond donors (Lipinski definition) is 2. The van der Waals surface area contributed by atoms with Gasteiger partial charge in [0.1, 0.15) is 23.9 Å². The van der Waals surface area contributed by atoms with E-state index in [0.29, 0.717) is 11.3 Å². The van der Waals surface area contributed by atoms with Gasteiger partial charge in [0.25, 0.3) is 11.8 Å². The number of nitrogens with one attached hydrogen (secondary N) is 2. The van der Waals surface area contributed by atoms with Gasteiger partial charge in [0.05, 0.1) is 17.8 Å². The van der Waals surface area contributed by atoms with E-state index in [2.05, 4.69) is 15.6 Å². The molecule has 6 nitrogen and oxygen atoms in total. The molecular formula is C22H22F4N4O2. The Morgan fingerprint density at radius 1 is 1.31 bits per heavy atom. The zero-order valence-corrected chi connectivity index (χ0v) is 17.5. The van der Waals surface area contributed by atoms with Gasteiger partial charge in [-0.25, -0.2) is 22.5 Å². The third kappa shape index (κ3) is 4.40. The van der Waals surface area contributed by atoms with Gasteiger partial charge in [0.2, 0.25) is 0 Å². The summed E-state index contributed by atoms with van der Waals surface area (Å²) < 4.78 is 62.4. The molecule has 2 aromatic heterocycles. The molecule has 3 aromatic rings. The molecule has 0 aliphatic carbocycles. The monoisotopic (exact) mass is 450 g/mol. The van der Waals surface area contributed by atoms with Crippen LogP contribution in [0.2, 0.25) is 0 Å². The Morgan fingerprint density at radius 2 is 2.03 bits per heavy atom. The van der Waals surface area contributed by atoms with Crippen LogP contribution in [0.1, 0.15) is 33.7 Å². The summed E-state index contributed by atoms with van der Waals surface area (Å²) in [6.07, 6.45) is 1.21. The smallest absolute Gasteiger partial charge is 0.270 e. The Morgan fingerprint density at radius 3 is 2.72 bits per heavy atom. The van der Waals surface area contributed by atoms with E-state index >= 15 is 0 Å². The number of ether oxygens (including phenoxy) is 1. The lowest BCUT2D eigenvalue weighted by atomic mass is 10.0. The van der Waals surface area contributed by atoms with Crippen LogP contribution in [0.25, 0.3) is 5.65 Å².